The van der Waals surface area contributed by atoms with Crippen LogP contribution in [0.4, 0.5) is 0 Å². The van der Waals surface area contributed by atoms with Gasteiger partial charge in [-0.15, -0.1) is 0 Å². The molecule has 7 N–H and O–H groups in total. The molecule has 11 heavy (non-hydrogen) atoms. The minimum Gasteiger partial charge on any atom is -0.395 e. The molecule has 0 amide bonds. The van der Waals surface area contributed by atoms with E-state index < -0.39 is 6.04 Å². The number of hydrazine groups is 1. The summed E-state index contributed by atoms with van der Waals surface area (Å²) >= 11 is 0. The van der Waals surface area contributed by atoms with Crippen LogP contribution in [0.5, 0.6) is 0 Å². The maximum Gasteiger partial charge on any atom is 0.140 e. The van der Waals surface area contributed by atoms with Crippen LogP contribution < -0.4 is 22.3 Å². The molecule has 0 aromatic rings. The second-order valence-electron chi connectivity index (χ2n) is 2.42. The summed E-state index contributed by atoms with van der Waals surface area (Å²) in [6.45, 7) is 0.262. The Morgan fingerprint density at radius 1 is 1.55 bits per heavy atom. The Morgan fingerprint density at radius 3 is 2.73 bits per heavy atom. The summed E-state index contributed by atoms with van der Waals surface area (Å²) in [5.74, 6) is 0. The van der Waals surface area contributed by atoms with Gasteiger partial charge < -0.3 is 21.3 Å². The Bertz CT molecular complexity index is 123. The quantitative estimate of drug-likeness (QED) is 0.304. The second kappa shape index (κ2) is 3.96. The van der Waals surface area contributed by atoms with Gasteiger partial charge in [0.25, 0.3) is 0 Å². The average molecular weight is 162 g/mol. The molecule has 6 nitrogen and oxygen atoms in total. The Labute approximate surface area is 64.9 Å². The van der Waals surface area contributed by atoms with Crippen LogP contribution in [0.3, 0.4) is 0 Å². The summed E-state index contributed by atoms with van der Waals surface area (Å²) in [6.07, 6.45) is -0.564. The van der Waals surface area contributed by atoms with Crippen LogP contribution in [0.2, 0.25) is 0 Å². The Balaban J connectivity index is 2.29. The highest BCUT2D eigenvalue weighted by molar-refractivity contribution is 4.75. The van der Waals surface area contributed by atoms with Gasteiger partial charge >= 0.3 is 0 Å². The highest BCUT2D eigenvalue weighted by atomic mass is 16.6. The van der Waals surface area contributed by atoms with Crippen molar-refractivity contribution >= 4 is 0 Å². The van der Waals surface area contributed by atoms with Gasteiger partial charge in [0.2, 0.25) is 0 Å². The number of rotatable bonds is 3. The third-order valence-electron chi connectivity index (χ3n) is 1.51. The standard InChI is InChI=1S/C5H14N4O2/c6-1-4-8-9-5(11-4)3(7)2-10/h3-5,8-10H,1-2,6-7H2/t3-,4?,5?/m0/s1. The zero-order valence-electron chi connectivity index (χ0n) is 6.16. The zero-order chi connectivity index (χ0) is 8.27. The lowest BCUT2D eigenvalue weighted by molar-refractivity contribution is 0.0143. The van der Waals surface area contributed by atoms with E-state index in [1.165, 1.54) is 0 Å². The zero-order valence-corrected chi connectivity index (χ0v) is 6.16. The van der Waals surface area contributed by atoms with Crippen LogP contribution in [0.1, 0.15) is 0 Å². The predicted molar refractivity (Wildman–Crippen MR) is 39.0 cm³/mol. The minimum absolute atomic E-state index is 0.114. The lowest BCUT2D eigenvalue weighted by Crippen LogP contribution is -2.46. The van der Waals surface area contributed by atoms with E-state index in [-0.39, 0.29) is 19.1 Å². The summed E-state index contributed by atoms with van der Waals surface area (Å²) in [6, 6.07) is -0.418. The molecule has 0 spiro atoms. The van der Waals surface area contributed by atoms with Gasteiger partial charge in [0.15, 0.2) is 0 Å². The van der Waals surface area contributed by atoms with Crippen LogP contribution in [-0.2, 0) is 4.74 Å². The molecule has 1 aliphatic heterocycles. The lowest BCUT2D eigenvalue weighted by atomic mass is 10.3. The molecular weight excluding hydrogens is 148 g/mol. The summed E-state index contributed by atoms with van der Waals surface area (Å²) in [5, 5.41) is 8.65. The fraction of sp³-hybridized carbons (Fsp3) is 1.00. The van der Waals surface area contributed by atoms with E-state index >= 15 is 0 Å². The Kier molecular flexibility index (Phi) is 3.18. The van der Waals surface area contributed by atoms with E-state index in [4.69, 9.17) is 21.3 Å². The maximum absolute atomic E-state index is 8.65. The maximum atomic E-state index is 8.65. The van der Waals surface area contributed by atoms with Crippen molar-refractivity contribution in [3.05, 3.63) is 0 Å². The number of nitrogens with one attached hydrogen (secondary N) is 2. The molecule has 0 bridgehead atoms. The van der Waals surface area contributed by atoms with Crippen molar-refractivity contribution < 1.29 is 9.84 Å². The number of aliphatic hydroxyl groups excluding tert-OH is 1. The molecule has 3 atom stereocenters. The predicted octanol–water partition coefficient (Wildman–Crippen LogP) is -2.96. The number of aliphatic hydroxyl groups is 1. The molecule has 0 saturated carbocycles. The van der Waals surface area contributed by atoms with Crippen LogP contribution in [0.15, 0.2) is 0 Å². The fourth-order valence-corrected chi connectivity index (χ4v) is 0.838. The van der Waals surface area contributed by atoms with Crippen LogP contribution in [0.25, 0.3) is 0 Å². The number of ether oxygens (including phenoxy) is 1. The molecule has 0 aromatic carbocycles. The van der Waals surface area contributed by atoms with Gasteiger partial charge in [-0.3, -0.25) is 0 Å². The molecule has 66 valence electrons. The summed E-state index contributed by atoms with van der Waals surface area (Å²) in [7, 11) is 0. The number of hydrogen-bond donors (Lipinski definition) is 5. The highest BCUT2D eigenvalue weighted by Gasteiger charge is 2.27. The smallest absolute Gasteiger partial charge is 0.140 e. The third kappa shape index (κ3) is 2.09. The molecule has 1 saturated heterocycles. The Hall–Kier alpha value is -0.240. The lowest BCUT2D eigenvalue weighted by Gasteiger charge is -2.15. The molecule has 1 heterocycles. The van der Waals surface area contributed by atoms with Gasteiger partial charge in [-0.1, -0.05) is 0 Å². The van der Waals surface area contributed by atoms with Gasteiger partial charge in [0, 0.05) is 6.54 Å². The molecule has 2 unspecified atom stereocenters. The van der Waals surface area contributed by atoms with Crippen LogP contribution >= 0.6 is 0 Å². The van der Waals surface area contributed by atoms with Gasteiger partial charge in [0.1, 0.15) is 12.5 Å². The van der Waals surface area contributed by atoms with E-state index in [2.05, 4.69) is 10.9 Å². The van der Waals surface area contributed by atoms with Crippen molar-refractivity contribution in [1.29, 1.82) is 0 Å². The first-order chi connectivity index (χ1) is 5.27. The summed E-state index contributed by atoms with van der Waals surface area (Å²) < 4.78 is 5.23. The normalized spacial score (nSPS) is 34.1. The van der Waals surface area contributed by atoms with Crippen LogP contribution in [-0.4, -0.2) is 36.8 Å². The third-order valence-corrected chi connectivity index (χ3v) is 1.51. The van der Waals surface area contributed by atoms with Gasteiger partial charge in [-0.2, -0.15) is 0 Å². The SMILES string of the molecule is NCC1NNC([C@@H](N)CO)O1. The summed E-state index contributed by atoms with van der Waals surface area (Å²) in [4.78, 5) is 0. The van der Waals surface area contributed by atoms with Crippen molar-refractivity contribution in [2.75, 3.05) is 13.2 Å². The molecule has 0 aromatic heterocycles. The van der Waals surface area contributed by atoms with Crippen molar-refractivity contribution in [1.82, 2.24) is 10.9 Å². The second-order valence-corrected chi connectivity index (χ2v) is 2.42. The van der Waals surface area contributed by atoms with E-state index in [1.807, 2.05) is 0 Å². The highest BCUT2D eigenvalue weighted by Crippen LogP contribution is 2.01. The Morgan fingerprint density at radius 2 is 2.27 bits per heavy atom. The van der Waals surface area contributed by atoms with E-state index in [0.29, 0.717) is 6.54 Å². The van der Waals surface area contributed by atoms with Gasteiger partial charge in [-0.05, 0) is 0 Å². The molecule has 1 aliphatic rings. The van der Waals surface area contributed by atoms with Gasteiger partial charge in [-0.25, -0.2) is 10.9 Å². The first kappa shape index (κ1) is 8.85. The average Bonchev–Trinajstić information content (AvgIpc) is 2.50. The number of nitrogens with two attached hydrogens (primary N) is 2. The largest absolute Gasteiger partial charge is 0.395 e. The van der Waals surface area contributed by atoms with Crippen molar-refractivity contribution in [3.63, 3.8) is 0 Å². The summed E-state index contributed by atoms with van der Waals surface area (Å²) in [5.41, 5.74) is 16.3. The molecule has 6 heteroatoms. The first-order valence-corrected chi connectivity index (χ1v) is 3.51. The molecule has 0 aliphatic carbocycles. The van der Waals surface area contributed by atoms with Crippen molar-refractivity contribution in [2.24, 2.45) is 11.5 Å². The molecule has 1 fully saturated rings. The van der Waals surface area contributed by atoms with Crippen molar-refractivity contribution in [3.8, 4) is 0 Å². The van der Waals surface area contributed by atoms with Crippen molar-refractivity contribution in [2.45, 2.75) is 18.5 Å². The monoisotopic (exact) mass is 162 g/mol. The molecule has 1 rings (SSSR count). The molecule has 0 radical (unpaired) electrons. The van der Waals surface area contributed by atoms with E-state index in [9.17, 15) is 0 Å². The molecular formula is C5H14N4O2. The van der Waals surface area contributed by atoms with E-state index in [1.54, 1.807) is 0 Å². The van der Waals surface area contributed by atoms with E-state index in [0.717, 1.165) is 0 Å². The number of hydrogen-bond acceptors (Lipinski definition) is 6. The van der Waals surface area contributed by atoms with Gasteiger partial charge in [0.05, 0.1) is 12.6 Å². The van der Waals surface area contributed by atoms with Crippen LogP contribution in [0, 0.1) is 0 Å². The first-order valence-electron chi connectivity index (χ1n) is 3.51. The minimum atomic E-state index is -0.418. The topological polar surface area (TPSA) is 106 Å². The fourth-order valence-electron chi connectivity index (χ4n) is 0.838.